The molecular formula is C11H16N2O3. The Balaban J connectivity index is 2.86. The molecule has 0 aromatic carbocycles. The van der Waals surface area contributed by atoms with E-state index in [-0.39, 0.29) is 11.7 Å². The van der Waals surface area contributed by atoms with Crippen LogP contribution in [-0.4, -0.2) is 27.1 Å². The Hall–Kier alpha value is -1.49. The topological polar surface area (TPSA) is 72.3 Å². The van der Waals surface area contributed by atoms with Crippen molar-refractivity contribution in [1.82, 2.24) is 9.97 Å². The molecule has 88 valence electrons. The first-order valence-electron chi connectivity index (χ1n) is 5.24. The number of nitrogens with zero attached hydrogens (tertiary/aromatic N) is 2. The van der Waals surface area contributed by atoms with Gasteiger partial charge in [-0.1, -0.05) is 6.92 Å². The lowest BCUT2D eigenvalue weighted by Crippen LogP contribution is -2.11. The van der Waals surface area contributed by atoms with Crippen LogP contribution in [0.25, 0.3) is 0 Å². The second-order valence-corrected chi connectivity index (χ2v) is 3.67. The lowest BCUT2D eigenvalue weighted by atomic mass is 10.2. The van der Waals surface area contributed by atoms with Crippen LogP contribution in [0, 0.1) is 0 Å². The van der Waals surface area contributed by atoms with Gasteiger partial charge in [-0.2, -0.15) is 0 Å². The second kappa shape index (κ2) is 5.55. The molecule has 1 N–H and O–H groups in total. The molecular weight excluding hydrogens is 208 g/mol. The Morgan fingerprint density at radius 1 is 1.56 bits per heavy atom. The standard InChI is InChI=1S/C11H16N2O3/c1-4-9-8(11(14)15)5-12-10(13-9)6-16-7(2)3/h5,7H,4,6H2,1-3H3,(H,14,15). The first-order chi connectivity index (χ1) is 7.54. The second-order valence-electron chi connectivity index (χ2n) is 3.67. The van der Waals surface area contributed by atoms with E-state index < -0.39 is 5.97 Å². The minimum Gasteiger partial charge on any atom is -0.478 e. The fourth-order valence-corrected chi connectivity index (χ4v) is 1.22. The molecule has 1 aromatic rings. The molecule has 0 spiro atoms. The highest BCUT2D eigenvalue weighted by Gasteiger charge is 2.12. The summed E-state index contributed by atoms with van der Waals surface area (Å²) >= 11 is 0. The number of aryl methyl sites for hydroxylation is 1. The summed E-state index contributed by atoms with van der Waals surface area (Å²) in [6.07, 6.45) is 2.01. The lowest BCUT2D eigenvalue weighted by Gasteiger charge is -2.08. The zero-order chi connectivity index (χ0) is 12.1. The van der Waals surface area contributed by atoms with E-state index >= 15 is 0 Å². The minimum atomic E-state index is -0.992. The van der Waals surface area contributed by atoms with Gasteiger partial charge in [0.15, 0.2) is 5.82 Å². The average Bonchev–Trinajstić information content (AvgIpc) is 2.25. The molecule has 16 heavy (non-hydrogen) atoms. The van der Waals surface area contributed by atoms with Gasteiger partial charge in [-0.3, -0.25) is 0 Å². The summed E-state index contributed by atoms with van der Waals surface area (Å²) in [4.78, 5) is 19.0. The fraction of sp³-hybridized carbons (Fsp3) is 0.545. The monoisotopic (exact) mass is 224 g/mol. The normalized spacial score (nSPS) is 10.8. The van der Waals surface area contributed by atoms with Gasteiger partial charge in [0.1, 0.15) is 6.61 Å². The van der Waals surface area contributed by atoms with Crippen molar-refractivity contribution in [2.45, 2.75) is 39.9 Å². The lowest BCUT2D eigenvalue weighted by molar-refractivity contribution is 0.0607. The quantitative estimate of drug-likeness (QED) is 0.823. The molecule has 5 nitrogen and oxygen atoms in total. The van der Waals surface area contributed by atoms with Gasteiger partial charge in [0.05, 0.1) is 17.4 Å². The number of aromatic nitrogens is 2. The average molecular weight is 224 g/mol. The Morgan fingerprint density at radius 3 is 2.75 bits per heavy atom. The summed E-state index contributed by atoms with van der Waals surface area (Å²) in [5, 5.41) is 8.89. The third kappa shape index (κ3) is 3.27. The van der Waals surface area contributed by atoms with Crippen molar-refractivity contribution in [3.8, 4) is 0 Å². The Kier molecular flexibility index (Phi) is 4.37. The first-order valence-corrected chi connectivity index (χ1v) is 5.24. The molecule has 0 saturated carbocycles. The number of carboxylic acids is 1. The Morgan fingerprint density at radius 2 is 2.25 bits per heavy atom. The van der Waals surface area contributed by atoms with Gasteiger partial charge in [-0.05, 0) is 20.3 Å². The molecule has 1 aromatic heterocycles. The van der Waals surface area contributed by atoms with Crippen LogP contribution < -0.4 is 0 Å². The third-order valence-corrected chi connectivity index (χ3v) is 2.03. The molecule has 5 heteroatoms. The summed E-state index contributed by atoms with van der Waals surface area (Å²) in [6, 6.07) is 0. The van der Waals surface area contributed by atoms with Gasteiger partial charge in [-0.25, -0.2) is 14.8 Å². The highest BCUT2D eigenvalue weighted by molar-refractivity contribution is 5.88. The van der Waals surface area contributed by atoms with Crippen LogP contribution in [-0.2, 0) is 17.8 Å². The van der Waals surface area contributed by atoms with Crippen LogP contribution in [0.1, 0.15) is 42.6 Å². The van der Waals surface area contributed by atoms with E-state index in [0.717, 1.165) is 0 Å². The maximum Gasteiger partial charge on any atom is 0.339 e. The molecule has 0 aliphatic carbocycles. The van der Waals surface area contributed by atoms with Crippen LogP contribution in [0.4, 0.5) is 0 Å². The van der Waals surface area contributed by atoms with E-state index in [1.807, 2.05) is 20.8 Å². The summed E-state index contributed by atoms with van der Waals surface area (Å²) < 4.78 is 5.36. The maximum absolute atomic E-state index is 10.8. The number of hydrogen-bond donors (Lipinski definition) is 1. The van der Waals surface area contributed by atoms with Gasteiger partial charge in [0.25, 0.3) is 0 Å². The summed E-state index contributed by atoms with van der Waals surface area (Å²) in [7, 11) is 0. The Labute approximate surface area is 94.5 Å². The first kappa shape index (κ1) is 12.6. The predicted octanol–water partition coefficient (Wildman–Crippen LogP) is 1.66. The zero-order valence-corrected chi connectivity index (χ0v) is 9.73. The van der Waals surface area contributed by atoms with Crippen molar-refractivity contribution in [1.29, 1.82) is 0 Å². The van der Waals surface area contributed by atoms with Crippen molar-refractivity contribution in [3.63, 3.8) is 0 Å². The predicted molar refractivity (Wildman–Crippen MR) is 58.3 cm³/mol. The SMILES string of the molecule is CCc1nc(COC(C)C)ncc1C(=O)O. The van der Waals surface area contributed by atoms with Gasteiger partial charge in [0.2, 0.25) is 0 Å². The third-order valence-electron chi connectivity index (χ3n) is 2.03. The van der Waals surface area contributed by atoms with E-state index in [4.69, 9.17) is 9.84 Å². The number of aromatic carboxylic acids is 1. The van der Waals surface area contributed by atoms with Crippen molar-refractivity contribution in [2.75, 3.05) is 0 Å². The van der Waals surface area contributed by atoms with Crippen LogP contribution >= 0.6 is 0 Å². The van der Waals surface area contributed by atoms with Gasteiger partial charge in [-0.15, -0.1) is 0 Å². The zero-order valence-electron chi connectivity index (χ0n) is 9.73. The Bertz CT molecular complexity index is 377. The number of hydrogen-bond acceptors (Lipinski definition) is 4. The summed E-state index contributed by atoms with van der Waals surface area (Å²) in [5.41, 5.74) is 0.709. The molecule has 0 aliphatic rings. The molecule has 0 unspecified atom stereocenters. The molecule has 0 bridgehead atoms. The van der Waals surface area contributed by atoms with Crippen molar-refractivity contribution in [3.05, 3.63) is 23.3 Å². The van der Waals surface area contributed by atoms with Crippen LogP contribution in [0.2, 0.25) is 0 Å². The van der Waals surface area contributed by atoms with E-state index in [2.05, 4.69) is 9.97 Å². The highest BCUT2D eigenvalue weighted by Crippen LogP contribution is 2.07. The van der Waals surface area contributed by atoms with Gasteiger partial charge < -0.3 is 9.84 Å². The molecule has 1 rings (SSSR count). The fourth-order valence-electron chi connectivity index (χ4n) is 1.22. The highest BCUT2D eigenvalue weighted by atomic mass is 16.5. The van der Waals surface area contributed by atoms with E-state index in [0.29, 0.717) is 24.5 Å². The van der Waals surface area contributed by atoms with Crippen LogP contribution in [0.3, 0.4) is 0 Å². The van der Waals surface area contributed by atoms with E-state index in [9.17, 15) is 4.79 Å². The smallest absolute Gasteiger partial charge is 0.339 e. The molecule has 0 atom stereocenters. The van der Waals surface area contributed by atoms with Crippen LogP contribution in [0.5, 0.6) is 0 Å². The number of ether oxygens (including phenoxy) is 1. The number of carboxylic acid groups (broad SMARTS) is 1. The van der Waals surface area contributed by atoms with Gasteiger partial charge in [0, 0.05) is 6.20 Å². The minimum absolute atomic E-state index is 0.104. The van der Waals surface area contributed by atoms with Crippen molar-refractivity contribution >= 4 is 5.97 Å². The number of rotatable bonds is 5. The molecule has 1 heterocycles. The maximum atomic E-state index is 10.8. The van der Waals surface area contributed by atoms with Crippen molar-refractivity contribution in [2.24, 2.45) is 0 Å². The molecule has 0 aliphatic heterocycles. The molecule has 0 fully saturated rings. The summed E-state index contributed by atoms with van der Waals surface area (Å²) in [6.45, 7) is 6.02. The van der Waals surface area contributed by atoms with Crippen LogP contribution in [0.15, 0.2) is 6.20 Å². The molecule has 0 radical (unpaired) electrons. The number of carbonyl (C=O) groups is 1. The summed E-state index contributed by atoms with van der Waals surface area (Å²) in [5.74, 6) is -0.469. The van der Waals surface area contributed by atoms with Crippen molar-refractivity contribution < 1.29 is 14.6 Å². The molecule has 0 amide bonds. The largest absolute Gasteiger partial charge is 0.478 e. The van der Waals surface area contributed by atoms with E-state index in [1.54, 1.807) is 0 Å². The van der Waals surface area contributed by atoms with Gasteiger partial charge >= 0.3 is 5.97 Å². The molecule has 0 saturated heterocycles. The van der Waals surface area contributed by atoms with E-state index in [1.165, 1.54) is 6.20 Å².